The summed E-state index contributed by atoms with van der Waals surface area (Å²) >= 11 is 0. The van der Waals surface area contributed by atoms with Crippen molar-refractivity contribution in [1.82, 2.24) is 10.2 Å². The number of nitrogens with two attached hydrogens (primary N) is 1. The van der Waals surface area contributed by atoms with Gasteiger partial charge >= 0.3 is 6.09 Å². The van der Waals surface area contributed by atoms with Crippen LogP contribution in [0.2, 0.25) is 0 Å². The molecule has 0 radical (unpaired) electrons. The highest BCUT2D eigenvalue weighted by Gasteiger charge is 2.38. The van der Waals surface area contributed by atoms with Gasteiger partial charge in [0.15, 0.2) is 0 Å². The van der Waals surface area contributed by atoms with E-state index >= 15 is 0 Å². The second kappa shape index (κ2) is 13.7. The van der Waals surface area contributed by atoms with E-state index in [0.29, 0.717) is 16.8 Å². The number of alkyl carbamates (subject to hydrolysis) is 1. The van der Waals surface area contributed by atoms with Gasteiger partial charge in [-0.15, -0.1) is 6.42 Å². The van der Waals surface area contributed by atoms with Crippen LogP contribution in [0.15, 0.2) is 66.7 Å². The van der Waals surface area contributed by atoms with Crippen molar-refractivity contribution in [3.8, 4) is 12.3 Å². The van der Waals surface area contributed by atoms with Crippen molar-refractivity contribution < 1.29 is 23.9 Å². The molecule has 0 spiro atoms. The highest BCUT2D eigenvalue weighted by atomic mass is 16.6. The number of terminal acetylenes is 1. The zero-order chi connectivity index (χ0) is 31.0. The number of fused-ring (bicyclic) bond motifs is 1. The number of hydrogen-bond donors (Lipinski definition) is 3. The number of ether oxygens (including phenoxy) is 1. The average molecular weight is 571 g/mol. The summed E-state index contributed by atoms with van der Waals surface area (Å²) in [5, 5.41) is 7.46. The first-order chi connectivity index (χ1) is 19.8. The molecule has 2 atom stereocenters. The van der Waals surface area contributed by atoms with Crippen LogP contribution in [-0.2, 0) is 19.1 Å². The van der Waals surface area contributed by atoms with Crippen LogP contribution in [0.4, 0.5) is 10.5 Å². The van der Waals surface area contributed by atoms with E-state index < -0.39 is 47.5 Å². The molecule has 0 bridgehead atoms. The van der Waals surface area contributed by atoms with Gasteiger partial charge in [0, 0.05) is 23.7 Å². The lowest BCUT2D eigenvalue weighted by atomic mass is 9.95. The van der Waals surface area contributed by atoms with E-state index in [1.165, 1.54) is 4.90 Å². The number of hydrogen-bond acceptors (Lipinski definition) is 5. The van der Waals surface area contributed by atoms with Crippen LogP contribution in [0.3, 0.4) is 0 Å². The summed E-state index contributed by atoms with van der Waals surface area (Å²) in [6.07, 6.45) is 4.71. The molecule has 0 aliphatic heterocycles. The van der Waals surface area contributed by atoms with Gasteiger partial charge in [0.2, 0.25) is 11.8 Å². The van der Waals surface area contributed by atoms with Crippen molar-refractivity contribution in [2.45, 2.75) is 71.2 Å². The normalized spacial score (nSPS) is 12.6. The summed E-state index contributed by atoms with van der Waals surface area (Å²) in [6, 6.07) is 17.2. The van der Waals surface area contributed by atoms with E-state index in [-0.39, 0.29) is 12.8 Å². The molecular formula is C33H38N4O5. The molecule has 4 N–H and O–H groups in total. The molecule has 0 aromatic heterocycles. The van der Waals surface area contributed by atoms with E-state index in [1.807, 2.05) is 36.4 Å². The monoisotopic (exact) mass is 570 g/mol. The van der Waals surface area contributed by atoms with E-state index in [4.69, 9.17) is 16.9 Å². The fourth-order valence-corrected chi connectivity index (χ4v) is 4.62. The third kappa shape index (κ3) is 8.33. The minimum Gasteiger partial charge on any atom is -0.444 e. The van der Waals surface area contributed by atoms with Crippen LogP contribution >= 0.6 is 0 Å². The molecule has 3 aromatic carbocycles. The van der Waals surface area contributed by atoms with Crippen LogP contribution in [0.25, 0.3) is 10.8 Å². The molecule has 0 aliphatic carbocycles. The molecule has 0 heterocycles. The van der Waals surface area contributed by atoms with Gasteiger partial charge in [-0.25, -0.2) is 4.79 Å². The van der Waals surface area contributed by atoms with Gasteiger partial charge in [0.25, 0.3) is 5.91 Å². The number of rotatable bonds is 10. The molecule has 0 aliphatic rings. The van der Waals surface area contributed by atoms with E-state index in [2.05, 4.69) is 16.6 Å². The first-order valence-electron chi connectivity index (χ1n) is 13.8. The Labute approximate surface area is 246 Å². The number of anilines is 1. The minimum absolute atomic E-state index is 0.0908. The third-order valence-electron chi connectivity index (χ3n) is 6.43. The van der Waals surface area contributed by atoms with Crippen molar-refractivity contribution in [3.05, 3.63) is 77.9 Å². The number of carbonyl (C=O) groups is 4. The number of nitrogens with zero attached hydrogens (tertiary/aromatic N) is 1. The Bertz CT molecular complexity index is 1500. The van der Waals surface area contributed by atoms with E-state index in [9.17, 15) is 19.2 Å². The van der Waals surface area contributed by atoms with E-state index in [1.54, 1.807) is 65.0 Å². The molecular weight excluding hydrogens is 532 g/mol. The largest absolute Gasteiger partial charge is 0.444 e. The Morgan fingerprint density at radius 3 is 2.24 bits per heavy atom. The Balaban J connectivity index is 2.07. The highest BCUT2D eigenvalue weighted by Crippen LogP contribution is 2.30. The van der Waals surface area contributed by atoms with Gasteiger partial charge < -0.3 is 26.0 Å². The maximum absolute atomic E-state index is 14.2. The quantitative estimate of drug-likeness (QED) is 0.299. The van der Waals surface area contributed by atoms with Gasteiger partial charge in [0.1, 0.15) is 17.7 Å². The van der Waals surface area contributed by atoms with Crippen molar-refractivity contribution in [2.24, 2.45) is 5.73 Å². The Morgan fingerprint density at radius 1 is 0.976 bits per heavy atom. The third-order valence-corrected chi connectivity index (χ3v) is 6.43. The molecule has 3 rings (SSSR count). The molecule has 220 valence electrons. The summed E-state index contributed by atoms with van der Waals surface area (Å²) in [6.45, 7) is 8.59. The highest BCUT2D eigenvalue weighted by molar-refractivity contribution is 6.01. The molecule has 9 nitrogen and oxygen atoms in total. The fourth-order valence-electron chi connectivity index (χ4n) is 4.62. The van der Waals surface area contributed by atoms with Gasteiger partial charge in [-0.3, -0.25) is 14.4 Å². The summed E-state index contributed by atoms with van der Waals surface area (Å²) in [7, 11) is 0. The zero-order valence-corrected chi connectivity index (χ0v) is 24.6. The summed E-state index contributed by atoms with van der Waals surface area (Å²) in [4.78, 5) is 54.1. The molecule has 9 heteroatoms. The summed E-state index contributed by atoms with van der Waals surface area (Å²) in [5.41, 5.74) is 5.96. The first kappa shape index (κ1) is 31.7. The van der Waals surface area contributed by atoms with Crippen LogP contribution in [0.1, 0.15) is 64.6 Å². The SMILES string of the molecule is C#Cc1ccccc1C(C(=O)Nc1ccc2ccccc2c1)N(C(=O)C(CCC(N)=O)NC(=O)OC(C)(C)C)C(C)C. The Hall–Kier alpha value is -4.84. The predicted octanol–water partition coefficient (Wildman–Crippen LogP) is 4.90. The van der Waals surface area contributed by atoms with Crippen molar-refractivity contribution in [2.75, 3.05) is 5.32 Å². The van der Waals surface area contributed by atoms with Crippen LogP contribution in [0.5, 0.6) is 0 Å². The summed E-state index contributed by atoms with van der Waals surface area (Å²) in [5.74, 6) is 0.876. The zero-order valence-electron chi connectivity index (χ0n) is 24.6. The molecule has 0 fully saturated rings. The Kier molecular flexibility index (Phi) is 10.3. The Morgan fingerprint density at radius 2 is 1.62 bits per heavy atom. The smallest absolute Gasteiger partial charge is 0.408 e. The second-order valence-electron chi connectivity index (χ2n) is 11.2. The van der Waals surface area contributed by atoms with Gasteiger partial charge in [-0.2, -0.15) is 0 Å². The molecule has 0 saturated carbocycles. The average Bonchev–Trinajstić information content (AvgIpc) is 2.92. The fraction of sp³-hybridized carbons (Fsp3) is 0.333. The van der Waals surface area contributed by atoms with Crippen molar-refractivity contribution in [3.63, 3.8) is 0 Å². The lowest BCUT2D eigenvalue weighted by Crippen LogP contribution is -2.54. The van der Waals surface area contributed by atoms with Crippen LogP contribution < -0.4 is 16.4 Å². The van der Waals surface area contributed by atoms with E-state index in [0.717, 1.165) is 10.8 Å². The molecule has 4 amide bonds. The first-order valence-corrected chi connectivity index (χ1v) is 13.8. The predicted molar refractivity (Wildman–Crippen MR) is 163 cm³/mol. The number of carbonyl (C=O) groups excluding carboxylic acids is 4. The molecule has 2 unspecified atom stereocenters. The lowest BCUT2D eigenvalue weighted by Gasteiger charge is -2.37. The maximum Gasteiger partial charge on any atom is 0.408 e. The standard InChI is InChI=1S/C33H38N4O5/c1-7-22-12-10-11-15-26(22)29(30(39)35-25-17-16-23-13-8-9-14-24(23)20-25)37(21(2)3)31(40)27(18-19-28(34)38)36-32(41)42-33(4,5)6/h1,8-17,20-21,27,29H,18-19H2,2-6H3,(H2,34,38)(H,35,39)(H,36,41). The topological polar surface area (TPSA) is 131 Å². The lowest BCUT2D eigenvalue weighted by molar-refractivity contribution is -0.143. The van der Waals surface area contributed by atoms with Gasteiger partial charge in [-0.1, -0.05) is 54.5 Å². The number of benzene rings is 3. The van der Waals surface area contributed by atoms with Gasteiger partial charge in [0.05, 0.1) is 0 Å². The van der Waals surface area contributed by atoms with Gasteiger partial charge in [-0.05, 0) is 75.6 Å². The van der Waals surface area contributed by atoms with Crippen molar-refractivity contribution in [1.29, 1.82) is 0 Å². The number of amides is 4. The minimum atomic E-state index is -1.20. The maximum atomic E-state index is 14.2. The second-order valence-corrected chi connectivity index (χ2v) is 11.2. The summed E-state index contributed by atoms with van der Waals surface area (Å²) < 4.78 is 5.37. The number of primary amides is 1. The molecule has 0 saturated heterocycles. The van der Waals surface area contributed by atoms with Crippen molar-refractivity contribution >= 4 is 40.3 Å². The van der Waals surface area contributed by atoms with Crippen LogP contribution in [0, 0.1) is 12.3 Å². The molecule has 42 heavy (non-hydrogen) atoms. The van der Waals surface area contributed by atoms with Crippen LogP contribution in [-0.4, -0.2) is 46.4 Å². The molecule has 3 aromatic rings. The number of nitrogens with one attached hydrogen (secondary N) is 2.